The molecule has 32 heavy (non-hydrogen) atoms. The molecule has 0 unspecified atom stereocenters. The molecule has 2 aliphatic heterocycles. The molecular weight excluding hydrogens is 404 g/mol. The minimum absolute atomic E-state index is 0.0612. The van der Waals surface area contributed by atoms with Gasteiger partial charge in [-0.05, 0) is 47.9 Å². The molecule has 2 saturated heterocycles. The summed E-state index contributed by atoms with van der Waals surface area (Å²) in [4.78, 5) is 56.2. The molecule has 0 spiro atoms. The first-order valence-corrected chi connectivity index (χ1v) is 11.1. The summed E-state index contributed by atoms with van der Waals surface area (Å²) < 4.78 is 0. The summed E-state index contributed by atoms with van der Waals surface area (Å²) in [6.07, 6.45) is 4.07. The van der Waals surface area contributed by atoms with E-state index in [2.05, 4.69) is 0 Å². The minimum atomic E-state index is -0.450. The van der Waals surface area contributed by atoms with E-state index < -0.39 is 23.7 Å². The number of hydrogen-bond acceptors (Lipinski definition) is 4. The number of fused-ring (bicyclic) bond motifs is 1. The second kappa shape index (κ2) is 6.03. The molecule has 6 heteroatoms. The standard InChI is InChI=1S/C26H20N2O4/c29-23-19-15-11-12-16(20(19)24(30)27(23)13-7-3-1-4-8-13)18-17(15)21-22(18)26(32)28(25(21)31)14-9-5-2-6-10-14/h1-12,15-22H/t15-,16+,17-,18-,19+,20+,21-,22-/m1/s1. The van der Waals surface area contributed by atoms with Gasteiger partial charge in [0.2, 0.25) is 23.6 Å². The molecule has 4 fully saturated rings. The second-order valence-electron chi connectivity index (χ2n) is 9.49. The quantitative estimate of drug-likeness (QED) is 0.549. The number of para-hydroxylation sites is 2. The molecule has 0 radical (unpaired) electrons. The largest absolute Gasteiger partial charge is 0.274 e. The molecular formula is C26H20N2O4. The summed E-state index contributed by atoms with van der Waals surface area (Å²) in [5.74, 6) is -2.89. The molecule has 2 aromatic carbocycles. The van der Waals surface area contributed by atoms with Crippen molar-refractivity contribution in [1.29, 1.82) is 0 Å². The van der Waals surface area contributed by atoms with Gasteiger partial charge in [-0.15, -0.1) is 0 Å². The predicted molar refractivity (Wildman–Crippen MR) is 115 cm³/mol. The molecule has 4 aliphatic carbocycles. The molecule has 0 N–H and O–H groups in total. The molecule has 8 rings (SSSR count). The van der Waals surface area contributed by atoms with E-state index in [1.807, 2.05) is 48.6 Å². The molecule has 6 aliphatic rings. The fourth-order valence-corrected chi connectivity index (χ4v) is 7.26. The number of amides is 4. The SMILES string of the molecule is O=C1[C@H]2[C@H]3C=C[C@@H]([C@@H]2C(=O)N1c1ccccc1)[C@H]1[C@H]2C(=O)N(c4ccccc4)C(=O)[C@@H]2[C@H]31. The maximum Gasteiger partial charge on any atom is 0.238 e. The topological polar surface area (TPSA) is 74.8 Å². The maximum atomic E-state index is 13.4. The second-order valence-corrected chi connectivity index (χ2v) is 9.49. The molecule has 2 bridgehead atoms. The van der Waals surface area contributed by atoms with Crippen LogP contribution in [0.1, 0.15) is 0 Å². The van der Waals surface area contributed by atoms with Gasteiger partial charge in [-0.3, -0.25) is 29.0 Å². The average Bonchev–Trinajstić information content (AvgIpc) is 3.19. The van der Waals surface area contributed by atoms with Crippen LogP contribution in [0.2, 0.25) is 0 Å². The first-order valence-electron chi connectivity index (χ1n) is 11.1. The first-order chi connectivity index (χ1) is 15.6. The highest BCUT2D eigenvalue weighted by Gasteiger charge is 2.75. The third-order valence-corrected chi connectivity index (χ3v) is 8.37. The van der Waals surface area contributed by atoms with E-state index in [-0.39, 0.29) is 47.3 Å². The van der Waals surface area contributed by atoms with E-state index >= 15 is 0 Å². The van der Waals surface area contributed by atoms with Gasteiger partial charge in [0.15, 0.2) is 0 Å². The van der Waals surface area contributed by atoms with Gasteiger partial charge in [0, 0.05) is 0 Å². The van der Waals surface area contributed by atoms with Crippen molar-refractivity contribution < 1.29 is 19.2 Å². The number of imide groups is 2. The van der Waals surface area contributed by atoms with Crippen molar-refractivity contribution >= 4 is 35.0 Å². The lowest BCUT2D eigenvalue weighted by atomic mass is 9.40. The van der Waals surface area contributed by atoms with E-state index in [9.17, 15) is 19.2 Å². The molecule has 158 valence electrons. The smallest absolute Gasteiger partial charge is 0.238 e. The Morgan fingerprint density at radius 2 is 0.812 bits per heavy atom. The van der Waals surface area contributed by atoms with Crippen LogP contribution in [0, 0.1) is 47.3 Å². The van der Waals surface area contributed by atoms with Gasteiger partial charge in [0.05, 0.1) is 35.0 Å². The van der Waals surface area contributed by atoms with Crippen LogP contribution in [0.15, 0.2) is 72.8 Å². The van der Waals surface area contributed by atoms with Crippen LogP contribution in [0.3, 0.4) is 0 Å². The summed E-state index contributed by atoms with van der Waals surface area (Å²) >= 11 is 0. The average molecular weight is 424 g/mol. The van der Waals surface area contributed by atoms with Crippen LogP contribution < -0.4 is 9.80 Å². The Bertz CT molecular complexity index is 1170. The Morgan fingerprint density at radius 3 is 1.19 bits per heavy atom. The van der Waals surface area contributed by atoms with Gasteiger partial charge in [-0.1, -0.05) is 48.6 Å². The number of allylic oxidation sites excluding steroid dienone is 2. The Hall–Kier alpha value is -3.54. The van der Waals surface area contributed by atoms with Crippen LogP contribution in [0.5, 0.6) is 0 Å². The minimum Gasteiger partial charge on any atom is -0.274 e. The molecule has 2 heterocycles. The Balaban J connectivity index is 1.27. The Kier molecular flexibility index (Phi) is 3.41. The highest BCUT2D eigenvalue weighted by atomic mass is 16.2. The summed E-state index contributed by atoms with van der Waals surface area (Å²) in [6.45, 7) is 0. The third kappa shape index (κ3) is 1.96. The van der Waals surface area contributed by atoms with Crippen LogP contribution in [0.4, 0.5) is 11.4 Å². The van der Waals surface area contributed by atoms with E-state index in [4.69, 9.17) is 0 Å². The van der Waals surface area contributed by atoms with Gasteiger partial charge >= 0.3 is 0 Å². The first kappa shape index (κ1) is 18.1. The highest BCUT2D eigenvalue weighted by Crippen LogP contribution is 2.68. The Morgan fingerprint density at radius 1 is 0.469 bits per heavy atom. The fraction of sp³-hybridized carbons (Fsp3) is 0.308. The van der Waals surface area contributed by atoms with Crippen molar-refractivity contribution in [1.82, 2.24) is 0 Å². The van der Waals surface area contributed by atoms with Crippen LogP contribution >= 0.6 is 0 Å². The van der Waals surface area contributed by atoms with Crippen molar-refractivity contribution in [3.05, 3.63) is 72.8 Å². The summed E-state index contributed by atoms with van der Waals surface area (Å²) in [5, 5.41) is 0. The predicted octanol–water partition coefficient (Wildman–Crippen LogP) is 2.66. The fourth-order valence-electron chi connectivity index (χ4n) is 7.26. The van der Waals surface area contributed by atoms with Crippen molar-refractivity contribution in [3.63, 3.8) is 0 Å². The zero-order valence-corrected chi connectivity index (χ0v) is 17.1. The van der Waals surface area contributed by atoms with Crippen molar-refractivity contribution in [2.75, 3.05) is 9.80 Å². The van der Waals surface area contributed by atoms with E-state index in [0.717, 1.165) is 0 Å². The monoisotopic (exact) mass is 424 g/mol. The lowest BCUT2D eigenvalue weighted by Gasteiger charge is -2.60. The van der Waals surface area contributed by atoms with Crippen LogP contribution in [-0.4, -0.2) is 23.6 Å². The maximum absolute atomic E-state index is 13.4. The van der Waals surface area contributed by atoms with Crippen molar-refractivity contribution in [2.45, 2.75) is 0 Å². The highest BCUT2D eigenvalue weighted by molar-refractivity contribution is 6.25. The normalized spacial score (nSPS) is 38.6. The van der Waals surface area contributed by atoms with Gasteiger partial charge < -0.3 is 0 Å². The molecule has 2 aromatic rings. The van der Waals surface area contributed by atoms with Gasteiger partial charge in [0.1, 0.15) is 0 Å². The van der Waals surface area contributed by atoms with E-state index in [1.54, 1.807) is 24.3 Å². The molecule has 4 amide bonds. The number of rotatable bonds is 2. The number of benzene rings is 2. The lowest BCUT2D eigenvalue weighted by Crippen LogP contribution is -2.63. The molecule has 6 nitrogen and oxygen atoms in total. The zero-order valence-electron chi connectivity index (χ0n) is 17.1. The van der Waals surface area contributed by atoms with Gasteiger partial charge in [0.25, 0.3) is 0 Å². The van der Waals surface area contributed by atoms with Gasteiger partial charge in [-0.2, -0.15) is 0 Å². The molecule has 8 atom stereocenters. The Labute approximate surface area is 184 Å². The third-order valence-electron chi connectivity index (χ3n) is 8.37. The van der Waals surface area contributed by atoms with E-state index in [1.165, 1.54) is 9.80 Å². The van der Waals surface area contributed by atoms with Crippen molar-refractivity contribution in [2.24, 2.45) is 47.3 Å². The number of nitrogens with zero attached hydrogens (tertiary/aromatic N) is 2. The van der Waals surface area contributed by atoms with Crippen LogP contribution in [-0.2, 0) is 19.2 Å². The number of anilines is 2. The van der Waals surface area contributed by atoms with Gasteiger partial charge in [-0.25, -0.2) is 0 Å². The zero-order chi connectivity index (χ0) is 21.7. The van der Waals surface area contributed by atoms with Crippen LogP contribution in [0.25, 0.3) is 0 Å². The number of carbonyl (C=O) groups is 4. The lowest BCUT2D eigenvalue weighted by molar-refractivity contribution is -0.166. The molecule has 2 saturated carbocycles. The summed E-state index contributed by atoms with van der Waals surface area (Å²) in [7, 11) is 0. The number of hydrogen-bond donors (Lipinski definition) is 0. The van der Waals surface area contributed by atoms with Crippen molar-refractivity contribution in [3.8, 4) is 0 Å². The summed E-state index contributed by atoms with van der Waals surface area (Å²) in [5.41, 5.74) is 1.18. The number of carbonyl (C=O) groups excluding carboxylic acids is 4. The summed E-state index contributed by atoms with van der Waals surface area (Å²) in [6, 6.07) is 18.1. The molecule has 0 aromatic heterocycles. The van der Waals surface area contributed by atoms with E-state index in [0.29, 0.717) is 11.4 Å².